The second-order valence-electron chi connectivity index (χ2n) is 4.27. The van der Waals surface area contributed by atoms with Gasteiger partial charge in [0.2, 0.25) is 0 Å². The van der Waals surface area contributed by atoms with Crippen LogP contribution in [0.4, 0.5) is 5.82 Å². The molecule has 0 unspecified atom stereocenters. The fourth-order valence-electron chi connectivity index (χ4n) is 2.01. The zero-order valence-corrected chi connectivity index (χ0v) is 12.2. The second kappa shape index (κ2) is 5.98. The van der Waals surface area contributed by atoms with Gasteiger partial charge in [-0.3, -0.25) is 0 Å². The van der Waals surface area contributed by atoms with Crippen LogP contribution in [0.15, 0.2) is 10.8 Å². The summed E-state index contributed by atoms with van der Waals surface area (Å²) >= 11 is 9.37. The lowest BCUT2D eigenvalue weighted by atomic mass is 10.4. The molecule has 0 amide bonds. The number of nitrogens with zero attached hydrogens (tertiary/aromatic N) is 4. The molecule has 2 heterocycles. The quantitative estimate of drug-likeness (QED) is 0.798. The predicted octanol–water partition coefficient (Wildman–Crippen LogP) is 2.42. The van der Waals surface area contributed by atoms with E-state index in [1.165, 1.54) is 32.3 Å². The first-order chi connectivity index (χ1) is 8.18. The molecule has 0 bridgehead atoms. The molecule has 1 fully saturated rings. The van der Waals surface area contributed by atoms with Gasteiger partial charge in [0.25, 0.3) is 0 Å². The van der Waals surface area contributed by atoms with Crippen LogP contribution in [-0.4, -0.2) is 48.1 Å². The van der Waals surface area contributed by atoms with Crippen molar-refractivity contribution in [2.75, 3.05) is 38.1 Å². The van der Waals surface area contributed by atoms with Crippen molar-refractivity contribution >= 4 is 33.3 Å². The Hall–Kier alpha value is -0.390. The molecule has 1 saturated heterocycles. The van der Waals surface area contributed by atoms with Gasteiger partial charge in [-0.1, -0.05) is 11.6 Å². The number of aromatic nitrogens is 2. The molecule has 0 saturated carbocycles. The van der Waals surface area contributed by atoms with E-state index in [4.69, 9.17) is 11.6 Å². The Kier molecular flexibility index (Phi) is 4.59. The van der Waals surface area contributed by atoms with Crippen LogP contribution in [0.3, 0.4) is 0 Å². The molecule has 0 atom stereocenters. The summed E-state index contributed by atoms with van der Waals surface area (Å²) in [4.78, 5) is 12.8. The molecule has 4 nitrogen and oxygen atoms in total. The third kappa shape index (κ3) is 3.30. The lowest BCUT2D eigenvalue weighted by Crippen LogP contribution is -2.32. The zero-order valence-electron chi connectivity index (χ0n) is 9.86. The summed E-state index contributed by atoms with van der Waals surface area (Å²) < 4.78 is 0.769. The van der Waals surface area contributed by atoms with Crippen LogP contribution in [0.2, 0.25) is 5.15 Å². The Morgan fingerprint density at radius 3 is 2.82 bits per heavy atom. The van der Waals surface area contributed by atoms with Crippen LogP contribution in [0.1, 0.15) is 12.8 Å². The molecule has 1 aromatic rings. The number of rotatable bonds is 4. The molecule has 1 aliphatic heterocycles. The van der Waals surface area contributed by atoms with Crippen LogP contribution < -0.4 is 4.90 Å². The van der Waals surface area contributed by atoms with Crippen molar-refractivity contribution in [3.63, 3.8) is 0 Å². The first-order valence-corrected chi connectivity index (χ1v) is 6.95. The third-order valence-corrected chi connectivity index (χ3v) is 4.29. The fourth-order valence-corrected chi connectivity index (χ4v) is 2.65. The standard InChI is InChI=1S/C11H16BrClN4/c1-16(6-7-17-4-2-3-5-17)11-9(12)10(13)14-8-15-11/h8H,2-7H2,1H3. The lowest BCUT2D eigenvalue weighted by Gasteiger charge is -2.23. The van der Waals surface area contributed by atoms with E-state index in [0.29, 0.717) is 5.15 Å². The van der Waals surface area contributed by atoms with Gasteiger partial charge in [-0.15, -0.1) is 0 Å². The average molecular weight is 320 g/mol. The molecule has 17 heavy (non-hydrogen) atoms. The highest BCUT2D eigenvalue weighted by Gasteiger charge is 2.14. The normalized spacial score (nSPS) is 16.4. The second-order valence-corrected chi connectivity index (χ2v) is 5.42. The lowest BCUT2D eigenvalue weighted by molar-refractivity contribution is 0.346. The predicted molar refractivity (Wildman–Crippen MR) is 73.7 cm³/mol. The summed E-state index contributed by atoms with van der Waals surface area (Å²) in [5, 5.41) is 0.461. The summed E-state index contributed by atoms with van der Waals surface area (Å²) in [5.74, 6) is 0.851. The maximum absolute atomic E-state index is 5.95. The smallest absolute Gasteiger partial charge is 0.148 e. The maximum Gasteiger partial charge on any atom is 0.148 e. The first-order valence-electron chi connectivity index (χ1n) is 5.78. The minimum absolute atomic E-state index is 0.461. The van der Waals surface area contributed by atoms with Gasteiger partial charge in [-0.25, -0.2) is 9.97 Å². The van der Waals surface area contributed by atoms with Crippen molar-refractivity contribution in [3.05, 3.63) is 16.0 Å². The fraction of sp³-hybridized carbons (Fsp3) is 0.636. The van der Waals surface area contributed by atoms with Crippen LogP contribution in [0, 0.1) is 0 Å². The zero-order chi connectivity index (χ0) is 12.3. The molecule has 0 spiro atoms. The van der Waals surface area contributed by atoms with E-state index >= 15 is 0 Å². The monoisotopic (exact) mass is 318 g/mol. The van der Waals surface area contributed by atoms with Crippen molar-refractivity contribution in [2.24, 2.45) is 0 Å². The number of halogens is 2. The summed E-state index contributed by atoms with van der Waals surface area (Å²) in [6.45, 7) is 4.47. The van der Waals surface area contributed by atoms with Gasteiger partial charge in [0.15, 0.2) is 0 Å². The van der Waals surface area contributed by atoms with Gasteiger partial charge in [0, 0.05) is 20.1 Å². The molecular formula is C11H16BrClN4. The van der Waals surface area contributed by atoms with Gasteiger partial charge in [-0.2, -0.15) is 0 Å². The highest BCUT2D eigenvalue weighted by Crippen LogP contribution is 2.28. The molecule has 2 rings (SSSR count). The van der Waals surface area contributed by atoms with Gasteiger partial charge in [-0.05, 0) is 41.9 Å². The van der Waals surface area contributed by atoms with Crippen molar-refractivity contribution in [1.82, 2.24) is 14.9 Å². The minimum Gasteiger partial charge on any atom is -0.357 e. The molecule has 1 aromatic heterocycles. The number of likely N-dealkylation sites (tertiary alicyclic amines) is 1. The number of anilines is 1. The average Bonchev–Trinajstić information content (AvgIpc) is 2.82. The number of hydrogen-bond acceptors (Lipinski definition) is 4. The highest BCUT2D eigenvalue weighted by molar-refractivity contribution is 9.10. The van der Waals surface area contributed by atoms with E-state index in [1.54, 1.807) is 0 Å². The molecule has 0 radical (unpaired) electrons. The Morgan fingerprint density at radius 2 is 2.12 bits per heavy atom. The summed E-state index contributed by atoms with van der Waals surface area (Å²) in [5.41, 5.74) is 0. The number of hydrogen-bond donors (Lipinski definition) is 0. The topological polar surface area (TPSA) is 32.3 Å². The van der Waals surface area contributed by atoms with Crippen molar-refractivity contribution in [3.8, 4) is 0 Å². The van der Waals surface area contributed by atoms with Crippen molar-refractivity contribution in [1.29, 1.82) is 0 Å². The molecule has 0 N–H and O–H groups in total. The van der Waals surface area contributed by atoms with Gasteiger partial charge >= 0.3 is 0 Å². The molecular weight excluding hydrogens is 304 g/mol. The van der Waals surface area contributed by atoms with Crippen molar-refractivity contribution in [2.45, 2.75) is 12.8 Å². The Labute approximate surface area is 115 Å². The van der Waals surface area contributed by atoms with Crippen LogP contribution >= 0.6 is 27.5 Å². The first kappa shape index (κ1) is 13.1. The van der Waals surface area contributed by atoms with E-state index in [0.717, 1.165) is 23.4 Å². The molecule has 6 heteroatoms. The third-order valence-electron chi connectivity index (χ3n) is 3.04. The Morgan fingerprint density at radius 1 is 1.41 bits per heavy atom. The van der Waals surface area contributed by atoms with Crippen molar-refractivity contribution < 1.29 is 0 Å². The van der Waals surface area contributed by atoms with Gasteiger partial charge < -0.3 is 9.80 Å². The van der Waals surface area contributed by atoms with E-state index in [9.17, 15) is 0 Å². The van der Waals surface area contributed by atoms with Gasteiger partial charge in [0.1, 0.15) is 17.3 Å². The number of likely N-dealkylation sites (N-methyl/N-ethyl adjacent to an activating group) is 1. The summed E-state index contributed by atoms with van der Waals surface area (Å²) in [6, 6.07) is 0. The maximum atomic E-state index is 5.95. The SMILES string of the molecule is CN(CCN1CCCC1)c1ncnc(Cl)c1Br. The largest absolute Gasteiger partial charge is 0.357 e. The van der Waals surface area contributed by atoms with E-state index < -0.39 is 0 Å². The summed E-state index contributed by atoms with van der Waals surface area (Å²) in [6.07, 6.45) is 4.15. The molecule has 0 aliphatic carbocycles. The van der Waals surface area contributed by atoms with Gasteiger partial charge in [0.05, 0.1) is 4.47 Å². The van der Waals surface area contributed by atoms with E-state index in [1.807, 2.05) is 7.05 Å². The molecule has 1 aliphatic rings. The Bertz CT molecular complexity index is 382. The minimum atomic E-state index is 0.461. The Balaban J connectivity index is 1.94. The molecule has 0 aromatic carbocycles. The summed E-state index contributed by atoms with van der Waals surface area (Å²) in [7, 11) is 2.03. The van der Waals surface area contributed by atoms with Crippen LogP contribution in [0.25, 0.3) is 0 Å². The van der Waals surface area contributed by atoms with E-state index in [2.05, 4.69) is 35.7 Å². The molecule has 94 valence electrons. The van der Waals surface area contributed by atoms with Crippen LogP contribution in [0.5, 0.6) is 0 Å². The van der Waals surface area contributed by atoms with E-state index in [-0.39, 0.29) is 0 Å². The highest BCUT2D eigenvalue weighted by atomic mass is 79.9. The van der Waals surface area contributed by atoms with Crippen LogP contribution in [-0.2, 0) is 0 Å².